The van der Waals surface area contributed by atoms with Crippen LogP contribution in [0.15, 0.2) is 17.0 Å². The van der Waals surface area contributed by atoms with Gasteiger partial charge in [-0.2, -0.15) is 4.31 Å². The van der Waals surface area contributed by atoms with Crippen molar-refractivity contribution in [3.05, 3.63) is 27.7 Å². The highest BCUT2D eigenvalue weighted by Gasteiger charge is 2.29. The van der Waals surface area contributed by atoms with Gasteiger partial charge in [-0.25, -0.2) is 8.42 Å². The van der Waals surface area contributed by atoms with Crippen LogP contribution in [-0.2, 0) is 21.3 Å². The number of hydrogen-bond acceptors (Lipinski definition) is 4. The van der Waals surface area contributed by atoms with Crippen LogP contribution in [0.3, 0.4) is 0 Å². The molecular weight excluding hydrogens is 311 g/mol. The van der Waals surface area contributed by atoms with Crippen LogP contribution >= 0.6 is 23.2 Å². The number of hydrogen-bond donors (Lipinski definition) is 1. The summed E-state index contributed by atoms with van der Waals surface area (Å²) >= 11 is 11.9. The number of nitrogens with zero attached hydrogens (tertiary/aromatic N) is 1. The molecule has 1 aliphatic heterocycles. The molecule has 5 nitrogen and oxygen atoms in total. The maximum absolute atomic E-state index is 12.5. The van der Waals surface area contributed by atoms with E-state index in [1.54, 1.807) is 0 Å². The lowest BCUT2D eigenvalue weighted by Crippen LogP contribution is -2.40. The van der Waals surface area contributed by atoms with Crippen molar-refractivity contribution >= 4 is 33.2 Å². The molecule has 19 heavy (non-hydrogen) atoms. The molecule has 8 heteroatoms. The first kappa shape index (κ1) is 15.0. The zero-order chi connectivity index (χ0) is 14.0. The third-order valence-corrected chi connectivity index (χ3v) is 5.62. The number of sulfonamides is 1. The summed E-state index contributed by atoms with van der Waals surface area (Å²) in [6.07, 6.45) is 0. The molecule has 0 bridgehead atoms. The standard InChI is InChI=1S/C11H14Cl2N2O3S/c12-9-6-10(13)11(5-8(9)7-14)19(16,17)15-1-3-18-4-2-15/h5-6H,1-4,7,14H2. The number of rotatable bonds is 3. The van der Waals surface area contributed by atoms with Crippen molar-refractivity contribution < 1.29 is 13.2 Å². The second-order valence-corrected chi connectivity index (χ2v) is 6.82. The summed E-state index contributed by atoms with van der Waals surface area (Å²) < 4.78 is 31.5. The van der Waals surface area contributed by atoms with Gasteiger partial charge in [0.15, 0.2) is 0 Å². The molecule has 2 N–H and O–H groups in total. The van der Waals surface area contributed by atoms with Crippen molar-refractivity contribution in [2.24, 2.45) is 5.73 Å². The van der Waals surface area contributed by atoms with E-state index in [1.807, 2.05) is 0 Å². The zero-order valence-electron chi connectivity index (χ0n) is 10.1. The Morgan fingerprint density at radius 3 is 2.42 bits per heavy atom. The minimum atomic E-state index is -3.63. The molecule has 0 spiro atoms. The minimum Gasteiger partial charge on any atom is -0.379 e. The van der Waals surface area contributed by atoms with Gasteiger partial charge in [0.25, 0.3) is 0 Å². The molecule has 0 amide bonds. The van der Waals surface area contributed by atoms with E-state index in [2.05, 4.69) is 0 Å². The first-order chi connectivity index (χ1) is 8.96. The maximum Gasteiger partial charge on any atom is 0.244 e. The van der Waals surface area contributed by atoms with Gasteiger partial charge >= 0.3 is 0 Å². The molecular formula is C11H14Cl2N2O3S. The molecule has 0 aliphatic carbocycles. The van der Waals surface area contributed by atoms with Crippen molar-refractivity contribution in [2.45, 2.75) is 11.4 Å². The number of nitrogens with two attached hydrogens (primary N) is 1. The lowest BCUT2D eigenvalue weighted by atomic mass is 10.2. The second-order valence-electron chi connectivity index (χ2n) is 4.09. The Morgan fingerprint density at radius 2 is 1.84 bits per heavy atom. The molecule has 1 fully saturated rings. The van der Waals surface area contributed by atoms with Crippen LogP contribution in [0, 0.1) is 0 Å². The largest absolute Gasteiger partial charge is 0.379 e. The molecule has 1 aromatic rings. The van der Waals surface area contributed by atoms with E-state index in [0.717, 1.165) is 0 Å². The van der Waals surface area contributed by atoms with E-state index >= 15 is 0 Å². The lowest BCUT2D eigenvalue weighted by Gasteiger charge is -2.26. The fourth-order valence-electron chi connectivity index (χ4n) is 1.85. The Labute approximate surface area is 122 Å². The van der Waals surface area contributed by atoms with Gasteiger partial charge in [-0.3, -0.25) is 0 Å². The van der Waals surface area contributed by atoms with E-state index in [-0.39, 0.29) is 16.5 Å². The fourth-order valence-corrected chi connectivity index (χ4v) is 4.11. The van der Waals surface area contributed by atoms with Gasteiger partial charge in [-0.15, -0.1) is 0 Å². The van der Waals surface area contributed by atoms with Gasteiger partial charge in [0.05, 0.1) is 18.2 Å². The van der Waals surface area contributed by atoms with Gasteiger partial charge in [-0.05, 0) is 17.7 Å². The van der Waals surface area contributed by atoms with Gasteiger partial charge < -0.3 is 10.5 Å². The predicted molar refractivity (Wildman–Crippen MR) is 73.9 cm³/mol. The molecule has 106 valence electrons. The van der Waals surface area contributed by atoms with Crippen LogP contribution in [0.25, 0.3) is 0 Å². The molecule has 2 rings (SSSR count). The smallest absolute Gasteiger partial charge is 0.244 e. The Balaban J connectivity index is 2.44. The molecule has 0 radical (unpaired) electrons. The molecule has 0 atom stereocenters. The lowest BCUT2D eigenvalue weighted by molar-refractivity contribution is 0.0730. The molecule has 1 aromatic carbocycles. The quantitative estimate of drug-likeness (QED) is 0.913. The van der Waals surface area contributed by atoms with E-state index < -0.39 is 10.0 Å². The monoisotopic (exact) mass is 324 g/mol. The van der Waals surface area contributed by atoms with Crippen molar-refractivity contribution in [1.82, 2.24) is 4.31 Å². The normalized spacial score (nSPS) is 17.6. The highest BCUT2D eigenvalue weighted by molar-refractivity contribution is 7.89. The maximum atomic E-state index is 12.5. The Morgan fingerprint density at radius 1 is 1.21 bits per heavy atom. The summed E-state index contributed by atoms with van der Waals surface area (Å²) in [7, 11) is -3.63. The Bertz CT molecular complexity index is 572. The average Bonchev–Trinajstić information content (AvgIpc) is 2.39. The summed E-state index contributed by atoms with van der Waals surface area (Å²) in [6.45, 7) is 1.56. The van der Waals surface area contributed by atoms with Crippen molar-refractivity contribution in [1.29, 1.82) is 0 Å². The van der Waals surface area contributed by atoms with E-state index in [1.165, 1.54) is 16.4 Å². The SMILES string of the molecule is NCc1cc(S(=O)(=O)N2CCOCC2)c(Cl)cc1Cl. The van der Waals surface area contributed by atoms with Crippen LogP contribution in [0.2, 0.25) is 10.0 Å². The summed E-state index contributed by atoms with van der Waals surface area (Å²) in [5.41, 5.74) is 6.09. The number of benzene rings is 1. The third-order valence-electron chi connectivity index (χ3n) is 2.91. The highest BCUT2D eigenvalue weighted by atomic mass is 35.5. The van der Waals surface area contributed by atoms with E-state index in [4.69, 9.17) is 33.7 Å². The summed E-state index contributed by atoms with van der Waals surface area (Å²) in [5, 5.41) is 0.474. The van der Waals surface area contributed by atoms with Crippen LogP contribution < -0.4 is 5.73 Å². The van der Waals surface area contributed by atoms with Crippen LogP contribution in [-0.4, -0.2) is 39.0 Å². The Kier molecular flexibility index (Phi) is 4.70. The molecule has 0 unspecified atom stereocenters. The van der Waals surface area contributed by atoms with Crippen LogP contribution in [0.4, 0.5) is 0 Å². The summed E-state index contributed by atoms with van der Waals surface area (Å²) in [4.78, 5) is 0.0425. The molecule has 1 saturated heterocycles. The molecule has 1 heterocycles. The fraction of sp³-hybridized carbons (Fsp3) is 0.455. The van der Waals surface area contributed by atoms with Crippen LogP contribution in [0.1, 0.15) is 5.56 Å². The second kappa shape index (κ2) is 5.95. The molecule has 0 saturated carbocycles. The molecule has 0 aromatic heterocycles. The van der Waals surface area contributed by atoms with E-state index in [9.17, 15) is 8.42 Å². The topological polar surface area (TPSA) is 72.6 Å². The predicted octanol–water partition coefficient (Wildman–Crippen LogP) is 1.47. The number of halogens is 2. The van der Waals surface area contributed by atoms with Crippen molar-refractivity contribution in [2.75, 3.05) is 26.3 Å². The van der Waals surface area contributed by atoms with Gasteiger partial charge in [0, 0.05) is 24.7 Å². The van der Waals surface area contributed by atoms with Crippen LogP contribution in [0.5, 0.6) is 0 Å². The highest BCUT2D eigenvalue weighted by Crippen LogP contribution is 2.30. The molecule has 1 aliphatic rings. The van der Waals surface area contributed by atoms with E-state index in [0.29, 0.717) is 36.9 Å². The third kappa shape index (κ3) is 3.04. The first-order valence-corrected chi connectivity index (χ1v) is 7.92. The zero-order valence-corrected chi connectivity index (χ0v) is 12.4. The minimum absolute atomic E-state index is 0.0425. The van der Waals surface area contributed by atoms with Crippen molar-refractivity contribution in [3.63, 3.8) is 0 Å². The summed E-state index contributed by atoms with van der Waals surface area (Å²) in [6, 6.07) is 2.86. The number of morpholine rings is 1. The van der Waals surface area contributed by atoms with Crippen molar-refractivity contribution in [3.8, 4) is 0 Å². The Hall–Kier alpha value is -0.370. The number of ether oxygens (including phenoxy) is 1. The first-order valence-electron chi connectivity index (χ1n) is 5.72. The van der Waals surface area contributed by atoms with Gasteiger partial charge in [0.2, 0.25) is 10.0 Å². The van der Waals surface area contributed by atoms with Gasteiger partial charge in [0.1, 0.15) is 4.90 Å². The van der Waals surface area contributed by atoms with Gasteiger partial charge in [-0.1, -0.05) is 23.2 Å². The average molecular weight is 325 g/mol. The summed E-state index contributed by atoms with van der Waals surface area (Å²) in [5.74, 6) is 0.